The van der Waals surface area contributed by atoms with Gasteiger partial charge in [0.1, 0.15) is 6.10 Å². The summed E-state index contributed by atoms with van der Waals surface area (Å²) < 4.78 is 0. The SMILES string of the molecule is Cc1cc(C(C)C)c(NC(C)c2ccc3c(n2)C(O)C(C)(C)C3)c(C(C)C)c1.[Zr]. The topological polar surface area (TPSA) is 45.2 Å². The molecule has 156 valence electrons. The van der Waals surface area contributed by atoms with E-state index in [0.29, 0.717) is 11.8 Å². The van der Waals surface area contributed by atoms with Gasteiger partial charge in [0.15, 0.2) is 0 Å². The van der Waals surface area contributed by atoms with Crippen molar-refractivity contribution in [2.24, 2.45) is 5.41 Å². The molecule has 1 heterocycles. The number of benzene rings is 1. The number of hydrogen-bond acceptors (Lipinski definition) is 3. The van der Waals surface area contributed by atoms with Gasteiger partial charge in [-0.3, -0.25) is 4.98 Å². The molecule has 0 fully saturated rings. The minimum atomic E-state index is -0.494. The average molecular weight is 472 g/mol. The Morgan fingerprint density at radius 3 is 2.10 bits per heavy atom. The number of nitrogens with one attached hydrogen (secondary N) is 1. The van der Waals surface area contributed by atoms with Crippen LogP contribution in [0.2, 0.25) is 0 Å². The molecule has 2 unspecified atom stereocenters. The number of nitrogens with zero attached hydrogens (tertiary/aromatic N) is 1. The maximum Gasteiger partial charge on any atom is 0.102 e. The molecule has 3 nitrogen and oxygen atoms in total. The van der Waals surface area contributed by atoms with E-state index in [-0.39, 0.29) is 37.7 Å². The average Bonchev–Trinajstić information content (AvgIpc) is 2.84. The third-order valence-corrected chi connectivity index (χ3v) is 6.07. The van der Waals surface area contributed by atoms with Gasteiger partial charge in [-0.15, -0.1) is 0 Å². The number of hydrogen-bond donors (Lipinski definition) is 2. The Morgan fingerprint density at radius 1 is 1.03 bits per heavy atom. The van der Waals surface area contributed by atoms with Crippen molar-refractivity contribution in [2.45, 2.75) is 85.8 Å². The van der Waals surface area contributed by atoms with Gasteiger partial charge in [0, 0.05) is 37.3 Å². The second kappa shape index (κ2) is 9.02. The van der Waals surface area contributed by atoms with Crippen molar-refractivity contribution >= 4 is 5.69 Å². The van der Waals surface area contributed by atoms with E-state index in [1.807, 2.05) is 0 Å². The molecule has 1 aromatic carbocycles. The van der Waals surface area contributed by atoms with Crippen LogP contribution in [0.1, 0.15) is 106 Å². The molecule has 0 radical (unpaired) electrons. The zero-order valence-corrected chi connectivity index (χ0v) is 21.7. The van der Waals surface area contributed by atoms with Crippen LogP contribution in [0.5, 0.6) is 0 Å². The summed E-state index contributed by atoms with van der Waals surface area (Å²) in [5.74, 6) is 0.894. The Morgan fingerprint density at radius 2 is 1.59 bits per heavy atom. The fourth-order valence-corrected chi connectivity index (χ4v) is 4.32. The van der Waals surface area contributed by atoms with Gasteiger partial charge in [0.25, 0.3) is 0 Å². The summed E-state index contributed by atoms with van der Waals surface area (Å²) >= 11 is 0. The van der Waals surface area contributed by atoms with Crippen LogP contribution < -0.4 is 5.32 Å². The van der Waals surface area contributed by atoms with E-state index in [4.69, 9.17) is 4.98 Å². The second-order valence-electron chi connectivity index (χ2n) is 9.84. The summed E-state index contributed by atoms with van der Waals surface area (Å²) in [5, 5.41) is 14.5. The third kappa shape index (κ3) is 4.85. The van der Waals surface area contributed by atoms with E-state index < -0.39 is 6.10 Å². The molecule has 2 N–H and O–H groups in total. The molecule has 2 atom stereocenters. The molecule has 0 saturated carbocycles. The molecule has 0 amide bonds. The second-order valence-corrected chi connectivity index (χ2v) is 9.84. The Hall–Kier alpha value is -0.987. The number of rotatable bonds is 5. The molecular formula is C25H36N2OZr. The van der Waals surface area contributed by atoms with Gasteiger partial charge in [-0.25, -0.2) is 0 Å². The summed E-state index contributed by atoms with van der Waals surface area (Å²) in [6.45, 7) is 17.6. The zero-order valence-electron chi connectivity index (χ0n) is 19.2. The standard InChI is InChI=1S/C25H36N2O.Zr/c1-14(2)19-11-16(5)12-20(15(3)4)23(19)26-17(6)21-10-9-18-13-25(7,8)24(28)22(18)27-21;/h9-12,14-15,17,24,26,28H,13H2,1-8H3;. The minimum Gasteiger partial charge on any atom is -0.386 e. The Kier molecular flexibility index (Phi) is 7.55. The fourth-order valence-electron chi connectivity index (χ4n) is 4.32. The quantitative estimate of drug-likeness (QED) is 0.528. The van der Waals surface area contributed by atoms with Crippen LogP contribution in [0.25, 0.3) is 0 Å². The van der Waals surface area contributed by atoms with Gasteiger partial charge in [-0.1, -0.05) is 65.3 Å². The maximum atomic E-state index is 10.7. The van der Waals surface area contributed by atoms with Gasteiger partial charge < -0.3 is 10.4 Å². The van der Waals surface area contributed by atoms with Gasteiger partial charge in [0.05, 0.1) is 17.4 Å². The molecule has 0 spiro atoms. The molecule has 3 rings (SSSR count). The molecule has 4 heteroatoms. The van der Waals surface area contributed by atoms with Crippen molar-refractivity contribution in [3.63, 3.8) is 0 Å². The first kappa shape index (κ1) is 24.3. The molecule has 1 aromatic heterocycles. The Balaban J connectivity index is 0.00000300. The summed E-state index contributed by atoms with van der Waals surface area (Å²) in [5.41, 5.74) is 8.15. The normalized spacial score (nSPS) is 18.5. The van der Waals surface area contributed by atoms with Gasteiger partial charge >= 0.3 is 0 Å². The third-order valence-electron chi connectivity index (χ3n) is 6.07. The summed E-state index contributed by atoms with van der Waals surface area (Å²) in [6, 6.07) is 8.93. The van der Waals surface area contributed by atoms with Crippen LogP contribution in [-0.2, 0) is 32.6 Å². The maximum absolute atomic E-state index is 10.7. The fraction of sp³-hybridized carbons (Fsp3) is 0.560. The number of anilines is 1. The van der Waals surface area contributed by atoms with Crippen LogP contribution in [0.3, 0.4) is 0 Å². The van der Waals surface area contributed by atoms with Crippen molar-refractivity contribution in [1.29, 1.82) is 0 Å². The van der Waals surface area contributed by atoms with Crippen molar-refractivity contribution in [3.05, 3.63) is 57.9 Å². The molecule has 1 aliphatic rings. The van der Waals surface area contributed by atoms with Crippen LogP contribution in [0, 0.1) is 12.3 Å². The van der Waals surface area contributed by atoms with Crippen molar-refractivity contribution < 1.29 is 31.3 Å². The number of aromatic nitrogens is 1. The minimum absolute atomic E-state index is 0. The van der Waals surface area contributed by atoms with E-state index in [1.54, 1.807) is 0 Å². The zero-order chi connectivity index (χ0) is 20.8. The first-order valence-electron chi connectivity index (χ1n) is 10.6. The Bertz CT molecular complexity index is 844. The Labute approximate surface area is 195 Å². The number of fused-ring (bicyclic) bond motifs is 1. The van der Waals surface area contributed by atoms with Crippen LogP contribution in [0.4, 0.5) is 5.69 Å². The first-order chi connectivity index (χ1) is 13.0. The molecule has 29 heavy (non-hydrogen) atoms. The molecule has 0 saturated heterocycles. The molecule has 1 aliphatic carbocycles. The molecule has 0 bridgehead atoms. The van der Waals surface area contributed by atoms with E-state index in [1.165, 1.54) is 27.9 Å². The van der Waals surface area contributed by atoms with Crippen molar-refractivity contribution in [3.8, 4) is 0 Å². The predicted octanol–water partition coefficient (Wildman–Crippen LogP) is 6.42. The predicted molar refractivity (Wildman–Crippen MR) is 118 cm³/mol. The van der Waals surface area contributed by atoms with Crippen LogP contribution in [-0.4, -0.2) is 10.1 Å². The van der Waals surface area contributed by atoms with E-state index in [9.17, 15) is 5.11 Å². The largest absolute Gasteiger partial charge is 0.386 e. The van der Waals surface area contributed by atoms with Gasteiger partial charge in [-0.05, 0) is 54.9 Å². The van der Waals surface area contributed by atoms with Crippen LogP contribution >= 0.6 is 0 Å². The number of aliphatic hydroxyl groups is 1. The van der Waals surface area contributed by atoms with Gasteiger partial charge in [0.2, 0.25) is 0 Å². The molecular weight excluding hydrogens is 436 g/mol. The van der Waals surface area contributed by atoms with E-state index in [2.05, 4.69) is 85.0 Å². The van der Waals surface area contributed by atoms with Crippen LogP contribution in [0.15, 0.2) is 24.3 Å². The monoisotopic (exact) mass is 470 g/mol. The summed E-state index contributed by atoms with van der Waals surface area (Å²) in [6.07, 6.45) is 0.386. The van der Waals surface area contributed by atoms with E-state index in [0.717, 1.165) is 17.8 Å². The first-order valence-corrected chi connectivity index (χ1v) is 10.6. The number of pyridine rings is 1. The van der Waals surface area contributed by atoms with Crippen molar-refractivity contribution in [2.75, 3.05) is 5.32 Å². The smallest absolute Gasteiger partial charge is 0.102 e. The number of aryl methyl sites for hydroxylation is 1. The summed E-state index contributed by atoms with van der Waals surface area (Å²) in [7, 11) is 0. The molecule has 2 aromatic rings. The number of aliphatic hydroxyl groups excluding tert-OH is 1. The van der Waals surface area contributed by atoms with Gasteiger partial charge in [-0.2, -0.15) is 0 Å². The van der Waals surface area contributed by atoms with Crippen molar-refractivity contribution in [1.82, 2.24) is 4.98 Å². The molecule has 0 aliphatic heterocycles. The van der Waals surface area contributed by atoms with E-state index >= 15 is 0 Å². The summed E-state index contributed by atoms with van der Waals surface area (Å²) in [4.78, 5) is 4.88.